The van der Waals surface area contributed by atoms with E-state index in [4.69, 9.17) is 0 Å². The summed E-state index contributed by atoms with van der Waals surface area (Å²) in [4.78, 5) is 36.5. The van der Waals surface area contributed by atoms with E-state index in [-0.39, 0.29) is 6.54 Å². The van der Waals surface area contributed by atoms with Crippen LogP contribution in [0.1, 0.15) is 44.2 Å². The van der Waals surface area contributed by atoms with Crippen LogP contribution in [0.3, 0.4) is 0 Å². The number of halogens is 2. The van der Waals surface area contributed by atoms with E-state index in [1.807, 2.05) is 0 Å². The fourth-order valence-electron chi connectivity index (χ4n) is 3.09. The second-order valence-electron chi connectivity index (χ2n) is 6.03. The number of rotatable bonds is 5. The van der Waals surface area contributed by atoms with E-state index >= 15 is 0 Å². The van der Waals surface area contributed by atoms with Gasteiger partial charge in [0, 0.05) is 19.0 Å². The molecule has 0 aromatic heterocycles. The van der Waals surface area contributed by atoms with Crippen molar-refractivity contribution in [2.24, 2.45) is 0 Å². The highest BCUT2D eigenvalue weighted by Gasteiger charge is 2.34. The molecule has 2 unspecified atom stereocenters. The van der Waals surface area contributed by atoms with Gasteiger partial charge in [-0.1, -0.05) is 6.07 Å². The van der Waals surface area contributed by atoms with Gasteiger partial charge >= 0.3 is 5.97 Å². The molecular formula is C17H20F2N2O4. The molecule has 2 amide bonds. The molecule has 8 heteroatoms. The predicted molar refractivity (Wildman–Crippen MR) is 84.5 cm³/mol. The Hall–Kier alpha value is -2.51. The van der Waals surface area contributed by atoms with E-state index in [1.165, 1.54) is 17.9 Å². The third-order valence-electron chi connectivity index (χ3n) is 4.21. The summed E-state index contributed by atoms with van der Waals surface area (Å²) in [5, 5.41) is 11.6. The van der Waals surface area contributed by atoms with E-state index in [9.17, 15) is 28.3 Å². The topological polar surface area (TPSA) is 86.7 Å². The number of carboxylic acids is 1. The van der Waals surface area contributed by atoms with Crippen molar-refractivity contribution in [3.8, 4) is 0 Å². The average Bonchev–Trinajstić information content (AvgIpc) is 2.53. The van der Waals surface area contributed by atoms with Gasteiger partial charge in [0.25, 0.3) is 0 Å². The fraction of sp³-hybridized carbons (Fsp3) is 0.471. The molecule has 1 aliphatic heterocycles. The Balaban J connectivity index is 2.26. The maximum atomic E-state index is 14.0. The molecule has 25 heavy (non-hydrogen) atoms. The van der Waals surface area contributed by atoms with Gasteiger partial charge in [-0.2, -0.15) is 0 Å². The van der Waals surface area contributed by atoms with E-state index < -0.39 is 53.5 Å². The lowest BCUT2D eigenvalue weighted by molar-refractivity contribution is -0.152. The van der Waals surface area contributed by atoms with Gasteiger partial charge in [0.2, 0.25) is 11.8 Å². The molecule has 136 valence electrons. The third-order valence-corrected chi connectivity index (χ3v) is 4.21. The smallest absolute Gasteiger partial charge is 0.326 e. The summed E-state index contributed by atoms with van der Waals surface area (Å²) < 4.78 is 28.1. The van der Waals surface area contributed by atoms with Gasteiger partial charge in [-0.05, 0) is 31.4 Å². The summed E-state index contributed by atoms with van der Waals surface area (Å²) in [5.41, 5.74) is -0.407. The van der Waals surface area contributed by atoms with Crippen LogP contribution < -0.4 is 5.32 Å². The second kappa shape index (κ2) is 8.04. The number of carbonyl (C=O) groups is 3. The zero-order chi connectivity index (χ0) is 18.6. The van der Waals surface area contributed by atoms with Crippen LogP contribution in [0.4, 0.5) is 8.78 Å². The summed E-state index contributed by atoms with van der Waals surface area (Å²) in [7, 11) is 0. The Bertz CT molecular complexity index is 660. The predicted octanol–water partition coefficient (Wildman–Crippen LogP) is 2.00. The highest BCUT2D eigenvalue weighted by molar-refractivity contribution is 5.85. The molecule has 0 bridgehead atoms. The van der Waals surface area contributed by atoms with Gasteiger partial charge in [-0.25, -0.2) is 13.6 Å². The molecular weight excluding hydrogens is 334 g/mol. The lowest BCUT2D eigenvalue weighted by Gasteiger charge is -2.34. The molecule has 1 aromatic rings. The molecule has 2 rings (SSSR count). The minimum Gasteiger partial charge on any atom is -0.480 e. The summed E-state index contributed by atoms with van der Waals surface area (Å²) in [5.74, 6) is -3.97. The van der Waals surface area contributed by atoms with E-state index in [2.05, 4.69) is 5.32 Å². The Labute approximate surface area is 143 Å². The second-order valence-corrected chi connectivity index (χ2v) is 6.03. The number of carbonyl (C=O) groups excluding carboxylic acids is 2. The number of aliphatic carboxylic acids is 1. The molecule has 1 fully saturated rings. The first-order chi connectivity index (χ1) is 11.8. The minimum absolute atomic E-state index is 0.266. The first kappa shape index (κ1) is 18.8. The van der Waals surface area contributed by atoms with Crippen molar-refractivity contribution in [3.63, 3.8) is 0 Å². The maximum absolute atomic E-state index is 14.0. The van der Waals surface area contributed by atoms with Crippen LogP contribution >= 0.6 is 0 Å². The number of nitrogens with zero attached hydrogens (tertiary/aromatic N) is 1. The number of nitrogens with one attached hydrogen (secondary N) is 1. The lowest BCUT2D eigenvalue weighted by Crippen LogP contribution is -2.49. The van der Waals surface area contributed by atoms with E-state index in [0.717, 1.165) is 12.1 Å². The standard InChI is InChI=1S/C17H20F2N2O4/c1-10(22)20-13(16-11(18)5-4-6-12(16)19)9-15(23)21-8-3-2-7-14(21)17(24)25/h4-6,13-14H,2-3,7-9H2,1H3,(H,20,22)(H,24,25). The largest absolute Gasteiger partial charge is 0.480 e. The van der Waals surface area contributed by atoms with Crippen molar-refractivity contribution < 1.29 is 28.3 Å². The molecule has 2 atom stereocenters. The molecule has 0 spiro atoms. The number of amides is 2. The zero-order valence-electron chi connectivity index (χ0n) is 13.8. The SMILES string of the molecule is CC(=O)NC(CC(=O)N1CCCCC1C(=O)O)c1c(F)cccc1F. The Morgan fingerprint density at radius 3 is 2.48 bits per heavy atom. The Morgan fingerprint density at radius 2 is 1.92 bits per heavy atom. The number of benzene rings is 1. The normalized spacial score (nSPS) is 18.5. The van der Waals surface area contributed by atoms with Crippen molar-refractivity contribution in [3.05, 3.63) is 35.4 Å². The lowest BCUT2D eigenvalue weighted by atomic mass is 9.98. The Morgan fingerprint density at radius 1 is 1.28 bits per heavy atom. The van der Waals surface area contributed by atoms with Gasteiger partial charge in [-0.3, -0.25) is 9.59 Å². The zero-order valence-corrected chi connectivity index (χ0v) is 13.8. The van der Waals surface area contributed by atoms with Crippen molar-refractivity contribution in [2.75, 3.05) is 6.54 Å². The molecule has 2 N–H and O–H groups in total. The molecule has 0 saturated carbocycles. The van der Waals surface area contributed by atoms with E-state index in [0.29, 0.717) is 19.3 Å². The van der Waals surface area contributed by atoms with Gasteiger partial charge in [0.15, 0.2) is 0 Å². The molecule has 1 saturated heterocycles. The van der Waals surface area contributed by atoms with Gasteiger partial charge in [0.1, 0.15) is 17.7 Å². The van der Waals surface area contributed by atoms with E-state index in [1.54, 1.807) is 0 Å². The number of hydrogen-bond donors (Lipinski definition) is 2. The summed E-state index contributed by atoms with van der Waals surface area (Å²) in [6, 6.07) is 1.11. The van der Waals surface area contributed by atoms with Crippen LogP contribution in [0.25, 0.3) is 0 Å². The quantitative estimate of drug-likeness (QED) is 0.847. The molecule has 0 radical (unpaired) electrons. The van der Waals surface area contributed by atoms with Crippen molar-refractivity contribution in [1.29, 1.82) is 0 Å². The maximum Gasteiger partial charge on any atom is 0.326 e. The average molecular weight is 354 g/mol. The highest BCUT2D eigenvalue weighted by Crippen LogP contribution is 2.26. The van der Waals surface area contributed by atoms with Crippen molar-refractivity contribution in [2.45, 2.75) is 44.7 Å². The summed E-state index contributed by atoms with van der Waals surface area (Å²) >= 11 is 0. The number of carboxylic acid groups (broad SMARTS) is 1. The molecule has 1 aliphatic rings. The van der Waals surface area contributed by atoms with Crippen molar-refractivity contribution in [1.82, 2.24) is 10.2 Å². The van der Waals surface area contributed by atoms with Crippen LogP contribution in [0.15, 0.2) is 18.2 Å². The van der Waals surface area contributed by atoms with Crippen LogP contribution in [0, 0.1) is 11.6 Å². The summed E-state index contributed by atoms with van der Waals surface area (Å²) in [6.45, 7) is 1.44. The summed E-state index contributed by atoms with van der Waals surface area (Å²) in [6.07, 6.45) is 1.27. The molecule has 0 aliphatic carbocycles. The first-order valence-corrected chi connectivity index (χ1v) is 8.04. The van der Waals surface area contributed by atoms with Gasteiger partial charge in [-0.15, -0.1) is 0 Å². The number of likely N-dealkylation sites (tertiary alicyclic amines) is 1. The van der Waals surface area contributed by atoms with Crippen LogP contribution in [0.5, 0.6) is 0 Å². The number of piperidine rings is 1. The Kier molecular flexibility index (Phi) is 6.06. The fourth-order valence-corrected chi connectivity index (χ4v) is 3.09. The molecule has 1 aromatic carbocycles. The van der Waals surface area contributed by atoms with Crippen LogP contribution in [0.2, 0.25) is 0 Å². The number of hydrogen-bond acceptors (Lipinski definition) is 3. The van der Waals surface area contributed by atoms with Crippen molar-refractivity contribution >= 4 is 17.8 Å². The molecule has 1 heterocycles. The first-order valence-electron chi connectivity index (χ1n) is 8.04. The molecule has 6 nitrogen and oxygen atoms in total. The monoisotopic (exact) mass is 354 g/mol. The van der Waals surface area contributed by atoms with Gasteiger partial charge < -0.3 is 15.3 Å². The third kappa shape index (κ3) is 4.52. The van der Waals surface area contributed by atoms with Gasteiger partial charge in [0.05, 0.1) is 12.5 Å². The van der Waals surface area contributed by atoms with Crippen LogP contribution in [-0.4, -0.2) is 40.4 Å². The van der Waals surface area contributed by atoms with Crippen LogP contribution in [-0.2, 0) is 14.4 Å². The minimum atomic E-state index is -1.21. The highest BCUT2D eigenvalue weighted by atomic mass is 19.1.